The maximum absolute atomic E-state index is 11.2. The molecule has 0 aromatic heterocycles. The molecule has 0 spiro atoms. The molecule has 3 aromatic rings. The van der Waals surface area contributed by atoms with Crippen LogP contribution in [0, 0.1) is 0 Å². The monoisotopic (exact) mass is 895 g/mol. The van der Waals surface area contributed by atoms with Gasteiger partial charge in [0.25, 0.3) is 30.1 Å². The van der Waals surface area contributed by atoms with E-state index in [2.05, 4.69) is 13.2 Å². The number of hydrogen-bond acceptors (Lipinski definition) is 11. The van der Waals surface area contributed by atoms with Crippen molar-refractivity contribution in [2.24, 2.45) is 13.2 Å². The maximum atomic E-state index is 11.2. The van der Waals surface area contributed by atoms with Crippen molar-refractivity contribution in [3.8, 4) is 0 Å². The summed E-state index contributed by atoms with van der Waals surface area (Å²) in [6.07, 6.45) is 0. The number of nitrogens with zero attached hydrogens (tertiary/aromatic N) is 3. The molecule has 3 aromatic carbocycles. The van der Waals surface area contributed by atoms with Gasteiger partial charge in [-0.15, -0.1) is 0 Å². The largest absolute Gasteiger partial charge is 3.00 e. The van der Waals surface area contributed by atoms with Gasteiger partial charge in [-0.2, -0.15) is 38.4 Å². The molecule has 11 nitrogen and oxygen atoms in total. The van der Waals surface area contributed by atoms with E-state index in [1.165, 1.54) is 18.2 Å². The summed E-state index contributed by atoms with van der Waals surface area (Å²) in [7, 11) is -10.4. The fourth-order valence-corrected chi connectivity index (χ4v) is 8.16. The molecule has 2 N–H and O–H groups in total. The van der Waals surface area contributed by atoms with Gasteiger partial charge in [0.2, 0.25) is 0 Å². The molecule has 0 aliphatic carbocycles. The predicted octanol–water partition coefficient (Wildman–Crippen LogP) is 1.66. The molecule has 2 radical (unpaired) electrons. The van der Waals surface area contributed by atoms with Crippen LogP contribution in [0.5, 0.6) is 0 Å². The van der Waals surface area contributed by atoms with E-state index in [4.69, 9.17) is 48.1 Å². The summed E-state index contributed by atoms with van der Waals surface area (Å²) in [5, 5.41) is 15.6. The molecule has 3 aliphatic heterocycles. The van der Waals surface area contributed by atoms with Crippen LogP contribution in [0.2, 0.25) is 0 Å². The van der Waals surface area contributed by atoms with Crippen LogP contribution in [0.1, 0.15) is 30.5 Å². The van der Waals surface area contributed by atoms with Crippen LogP contribution in [0.25, 0.3) is 0 Å². The minimum Gasteiger partial charge on any atom is -0.759 e. The van der Waals surface area contributed by atoms with Gasteiger partial charge < -0.3 is 48.1 Å². The first-order valence-corrected chi connectivity index (χ1v) is 17.3. The molecule has 0 saturated carbocycles. The Bertz CT molecular complexity index is 1650. The van der Waals surface area contributed by atoms with E-state index in [-0.39, 0.29) is 69.2 Å². The number of aliphatic hydroxyl groups excluding tert-OH is 2. The summed E-state index contributed by atoms with van der Waals surface area (Å²) in [4.78, 5) is 0.653. The molecule has 0 fully saturated rings. The van der Waals surface area contributed by atoms with Gasteiger partial charge in [-0.1, -0.05) is 69.7 Å². The normalized spacial score (nSPS) is 16.3. The molecule has 3 aliphatic rings. The van der Waals surface area contributed by atoms with Gasteiger partial charge in [0.15, 0.2) is 0 Å². The first-order chi connectivity index (χ1) is 19.7. The SMILES string of the molecule is CCO.CCO.O=S1(=O)N=C([S-])c2ccccc21.O=S1(=O)N=C([S-])c2ccccc21.O=S1(=O)N=C([S-])c2ccccc21.[Bi+3]. The molecule has 0 unspecified atom stereocenters. The summed E-state index contributed by atoms with van der Waals surface area (Å²) in [6.45, 7) is 3.86. The Balaban J connectivity index is 0.000000292. The zero-order valence-electron chi connectivity index (χ0n) is 22.4. The van der Waals surface area contributed by atoms with Crippen LogP contribution in [-0.2, 0) is 68.0 Å². The molecule has 18 heteroatoms. The number of benzene rings is 3. The van der Waals surface area contributed by atoms with Crippen molar-refractivity contribution in [3.05, 3.63) is 89.5 Å². The fraction of sp³-hybridized carbons (Fsp3) is 0.160. The van der Waals surface area contributed by atoms with E-state index in [9.17, 15) is 25.3 Å². The van der Waals surface area contributed by atoms with Gasteiger partial charge in [-0.3, -0.25) is 0 Å². The zero-order chi connectivity index (χ0) is 31.7. The molecule has 0 atom stereocenters. The molecule has 0 saturated heterocycles. The second-order valence-corrected chi connectivity index (χ2v) is 13.6. The molecule has 3 heterocycles. The van der Waals surface area contributed by atoms with Gasteiger partial charge in [0, 0.05) is 13.2 Å². The molecular formula is C25H24BiN3O8S6. The van der Waals surface area contributed by atoms with E-state index in [0.29, 0.717) is 16.7 Å². The Morgan fingerprint density at radius 2 is 0.698 bits per heavy atom. The van der Waals surface area contributed by atoms with Crippen LogP contribution in [0.15, 0.2) is 101 Å². The van der Waals surface area contributed by atoms with E-state index in [0.717, 1.165) is 0 Å². The second kappa shape index (κ2) is 16.9. The number of hydrogen-bond donors (Lipinski definition) is 2. The summed E-state index contributed by atoms with van der Waals surface area (Å²) >= 11 is 14.3. The minimum absolute atomic E-state index is 0. The smallest absolute Gasteiger partial charge is 0.759 e. The molecule has 6 rings (SSSR count). The van der Waals surface area contributed by atoms with E-state index >= 15 is 0 Å². The van der Waals surface area contributed by atoms with E-state index < -0.39 is 30.1 Å². The Morgan fingerprint density at radius 3 is 0.884 bits per heavy atom. The summed E-state index contributed by atoms with van der Waals surface area (Å²) in [5.74, 6) is 0. The van der Waals surface area contributed by atoms with Crippen LogP contribution in [-0.4, -0.2) is 90.0 Å². The Morgan fingerprint density at radius 1 is 0.512 bits per heavy atom. The fourth-order valence-electron chi connectivity index (χ4n) is 3.23. The molecule has 0 amide bonds. The maximum Gasteiger partial charge on any atom is 3.00 e. The minimum atomic E-state index is -3.47. The van der Waals surface area contributed by atoms with Crippen molar-refractivity contribution >= 4 is 109 Å². The number of sulfonamides is 3. The third-order valence-electron chi connectivity index (χ3n) is 4.80. The van der Waals surface area contributed by atoms with Crippen molar-refractivity contribution in [2.75, 3.05) is 13.2 Å². The van der Waals surface area contributed by atoms with Crippen LogP contribution < -0.4 is 0 Å². The van der Waals surface area contributed by atoms with Crippen molar-refractivity contribution in [3.63, 3.8) is 0 Å². The molecule has 43 heavy (non-hydrogen) atoms. The van der Waals surface area contributed by atoms with Crippen molar-refractivity contribution < 1.29 is 35.5 Å². The van der Waals surface area contributed by atoms with Gasteiger partial charge >= 0.3 is 26.2 Å². The average Bonchev–Trinajstić information content (AvgIpc) is 3.42. The zero-order valence-corrected chi connectivity index (χ0v) is 30.8. The summed E-state index contributed by atoms with van der Waals surface area (Å²) < 4.78 is 77.4. The average molecular weight is 896 g/mol. The van der Waals surface area contributed by atoms with E-state index in [1.807, 2.05) is 0 Å². The van der Waals surface area contributed by atoms with Crippen LogP contribution in [0.4, 0.5) is 0 Å². The Kier molecular flexibility index (Phi) is 15.3. The van der Waals surface area contributed by atoms with Crippen molar-refractivity contribution in [1.29, 1.82) is 0 Å². The summed E-state index contributed by atoms with van der Waals surface area (Å²) in [6, 6.07) is 19.7. The molecular weight excluding hydrogens is 872 g/mol. The quantitative estimate of drug-likeness (QED) is 0.248. The first kappa shape index (κ1) is 39.0. The van der Waals surface area contributed by atoms with Gasteiger partial charge in [-0.05, 0) is 48.7 Å². The summed E-state index contributed by atoms with van der Waals surface area (Å²) in [5.41, 5.74) is 1.60. The van der Waals surface area contributed by atoms with Crippen molar-refractivity contribution in [1.82, 2.24) is 0 Å². The second-order valence-electron chi connectivity index (χ2n) is 7.74. The third kappa shape index (κ3) is 9.99. The van der Waals surface area contributed by atoms with Crippen LogP contribution >= 0.6 is 0 Å². The predicted molar refractivity (Wildman–Crippen MR) is 174 cm³/mol. The number of fused-ring (bicyclic) bond motifs is 3. The third-order valence-corrected chi connectivity index (χ3v) is 10.1. The van der Waals surface area contributed by atoms with Gasteiger partial charge in [-0.25, -0.2) is 0 Å². The van der Waals surface area contributed by atoms with E-state index in [1.54, 1.807) is 68.4 Å². The first-order valence-electron chi connectivity index (χ1n) is 11.7. The van der Waals surface area contributed by atoms with Crippen molar-refractivity contribution in [2.45, 2.75) is 28.5 Å². The molecule has 0 bridgehead atoms. The van der Waals surface area contributed by atoms with Gasteiger partial charge in [0.1, 0.15) is 0 Å². The van der Waals surface area contributed by atoms with Crippen LogP contribution in [0.3, 0.4) is 0 Å². The van der Waals surface area contributed by atoms with Gasteiger partial charge in [0.05, 0.1) is 14.7 Å². The Hall–Kier alpha value is -2.02. The number of aliphatic hydroxyl groups is 2. The topological polar surface area (TPSA) is 180 Å². The standard InChI is InChI=1S/3C7H5NO2S2.2C2H6O.Bi/c3*9-12(10)6-4-2-1-3-5(6)7(11)8-12;2*1-2-3;/h3*1-4H,(H,8,11);2*3H,2H2,1H3;/q;;;;;+3/p-3. The number of rotatable bonds is 0. The Labute approximate surface area is 286 Å². The molecule has 228 valence electrons.